The maximum Gasteiger partial charge on any atom is 0.295 e. The van der Waals surface area contributed by atoms with Gasteiger partial charge in [0.15, 0.2) is 0 Å². The van der Waals surface area contributed by atoms with Crippen molar-refractivity contribution >= 4 is 34.7 Å². The standard InChI is InChI=1S/C22H19ClN2O6/c23-14-9-7-13(8-10-14)20(26)18-19(16-5-1-2-6-17(16)25(29)30)24(22(28)21(18)27)12-15-4-3-11-31-15/h1-2,5-10,15,19,26H,3-4,11-12H2/t15-,19+/m1/s1. The van der Waals surface area contributed by atoms with Gasteiger partial charge in [0.2, 0.25) is 0 Å². The van der Waals surface area contributed by atoms with Gasteiger partial charge in [0, 0.05) is 29.8 Å². The fourth-order valence-electron chi connectivity index (χ4n) is 4.05. The summed E-state index contributed by atoms with van der Waals surface area (Å²) in [6.07, 6.45) is 1.26. The van der Waals surface area contributed by atoms with Gasteiger partial charge in [0.25, 0.3) is 17.4 Å². The summed E-state index contributed by atoms with van der Waals surface area (Å²) in [5.41, 5.74) is -0.00308. The Bertz CT molecular complexity index is 1080. The molecule has 1 amide bonds. The minimum absolute atomic E-state index is 0.0959. The maximum atomic E-state index is 13.0. The Morgan fingerprint density at radius 2 is 1.90 bits per heavy atom. The number of aliphatic hydroxyl groups excluding tert-OH is 1. The lowest BCUT2D eigenvalue weighted by Gasteiger charge is -2.27. The fraction of sp³-hybridized carbons (Fsp3) is 0.273. The molecule has 0 bridgehead atoms. The first-order valence-electron chi connectivity index (χ1n) is 9.77. The Kier molecular flexibility index (Phi) is 5.75. The maximum absolute atomic E-state index is 13.0. The van der Waals surface area contributed by atoms with Gasteiger partial charge in [-0.25, -0.2) is 0 Å². The molecule has 0 aromatic heterocycles. The van der Waals surface area contributed by atoms with E-state index in [2.05, 4.69) is 0 Å². The number of rotatable bonds is 5. The second-order valence-corrected chi connectivity index (χ2v) is 7.85. The molecule has 1 N–H and O–H groups in total. The fourth-order valence-corrected chi connectivity index (χ4v) is 4.17. The number of Topliss-reactive ketones (excluding diaryl/α,β-unsaturated/α-hetero) is 1. The number of para-hydroxylation sites is 1. The highest BCUT2D eigenvalue weighted by atomic mass is 35.5. The number of ether oxygens (including phenoxy) is 1. The summed E-state index contributed by atoms with van der Waals surface area (Å²) in [6.45, 7) is 0.647. The van der Waals surface area contributed by atoms with E-state index >= 15 is 0 Å². The molecule has 0 spiro atoms. The van der Waals surface area contributed by atoms with Crippen LogP contribution in [0.25, 0.3) is 5.76 Å². The predicted molar refractivity (Wildman–Crippen MR) is 113 cm³/mol. The van der Waals surface area contributed by atoms with Crippen LogP contribution in [-0.2, 0) is 14.3 Å². The van der Waals surface area contributed by atoms with Crippen molar-refractivity contribution < 1.29 is 24.4 Å². The number of halogens is 1. The lowest BCUT2D eigenvalue weighted by molar-refractivity contribution is -0.385. The molecule has 2 saturated heterocycles. The van der Waals surface area contributed by atoms with Crippen molar-refractivity contribution in [2.24, 2.45) is 0 Å². The number of nitro groups is 1. The Morgan fingerprint density at radius 3 is 2.55 bits per heavy atom. The predicted octanol–water partition coefficient (Wildman–Crippen LogP) is 3.85. The van der Waals surface area contributed by atoms with Crippen LogP contribution in [0.4, 0.5) is 5.69 Å². The SMILES string of the molecule is O=C1C(=O)N(C[C@H]2CCCO2)[C@@H](c2ccccc2[N+](=O)[O-])C1=C(O)c1ccc(Cl)cc1. The molecule has 2 fully saturated rings. The van der Waals surface area contributed by atoms with Crippen LogP contribution in [0.1, 0.15) is 30.0 Å². The van der Waals surface area contributed by atoms with Crippen LogP contribution in [0.3, 0.4) is 0 Å². The molecule has 2 atom stereocenters. The minimum atomic E-state index is -1.11. The van der Waals surface area contributed by atoms with Gasteiger partial charge in [-0.3, -0.25) is 19.7 Å². The number of carbonyl (C=O) groups excluding carboxylic acids is 2. The zero-order valence-corrected chi connectivity index (χ0v) is 17.1. The van der Waals surface area contributed by atoms with Crippen LogP contribution in [-0.4, -0.2) is 45.9 Å². The second kappa shape index (κ2) is 8.49. The van der Waals surface area contributed by atoms with Crippen molar-refractivity contribution in [2.45, 2.75) is 25.0 Å². The molecular weight excluding hydrogens is 424 g/mol. The number of aliphatic hydroxyl groups is 1. The van der Waals surface area contributed by atoms with Crippen molar-refractivity contribution in [1.29, 1.82) is 0 Å². The van der Waals surface area contributed by atoms with Crippen molar-refractivity contribution in [3.63, 3.8) is 0 Å². The monoisotopic (exact) mass is 442 g/mol. The highest BCUT2D eigenvalue weighted by Crippen LogP contribution is 2.43. The molecule has 0 unspecified atom stereocenters. The molecule has 8 nitrogen and oxygen atoms in total. The van der Waals surface area contributed by atoms with Gasteiger partial charge >= 0.3 is 0 Å². The van der Waals surface area contributed by atoms with Gasteiger partial charge in [-0.1, -0.05) is 23.7 Å². The molecule has 2 heterocycles. The van der Waals surface area contributed by atoms with Crippen molar-refractivity contribution in [3.8, 4) is 0 Å². The molecule has 4 rings (SSSR count). The minimum Gasteiger partial charge on any atom is -0.507 e. The Balaban J connectivity index is 1.89. The van der Waals surface area contributed by atoms with E-state index in [-0.39, 0.29) is 35.0 Å². The third-order valence-electron chi connectivity index (χ3n) is 5.51. The summed E-state index contributed by atoms with van der Waals surface area (Å²) < 4.78 is 5.62. The molecule has 9 heteroatoms. The summed E-state index contributed by atoms with van der Waals surface area (Å²) >= 11 is 5.91. The van der Waals surface area contributed by atoms with Gasteiger partial charge in [-0.05, 0) is 43.2 Å². The quantitative estimate of drug-likeness (QED) is 0.247. The molecule has 0 radical (unpaired) electrons. The lowest BCUT2D eigenvalue weighted by Crippen LogP contribution is -2.36. The number of hydrogen-bond acceptors (Lipinski definition) is 6. The van der Waals surface area contributed by atoms with Crippen LogP contribution < -0.4 is 0 Å². The summed E-state index contributed by atoms with van der Waals surface area (Å²) in [7, 11) is 0. The molecule has 0 aliphatic carbocycles. The first-order chi connectivity index (χ1) is 14.9. The van der Waals surface area contributed by atoms with Gasteiger partial charge < -0.3 is 14.7 Å². The van der Waals surface area contributed by atoms with E-state index in [1.54, 1.807) is 18.2 Å². The molecule has 2 aliphatic rings. The molecule has 2 aromatic carbocycles. The van der Waals surface area contributed by atoms with E-state index in [1.807, 2.05) is 0 Å². The number of hydrogen-bond donors (Lipinski definition) is 1. The summed E-state index contributed by atoms with van der Waals surface area (Å²) in [4.78, 5) is 38.3. The zero-order chi connectivity index (χ0) is 22.1. The highest BCUT2D eigenvalue weighted by molar-refractivity contribution is 6.46. The molecule has 31 heavy (non-hydrogen) atoms. The number of likely N-dealkylation sites (tertiary alicyclic amines) is 1. The van der Waals surface area contributed by atoms with Gasteiger partial charge in [-0.2, -0.15) is 0 Å². The first kappa shape index (κ1) is 21.0. The molecule has 2 aliphatic heterocycles. The van der Waals surface area contributed by atoms with E-state index in [4.69, 9.17) is 16.3 Å². The Morgan fingerprint density at radius 1 is 1.19 bits per heavy atom. The van der Waals surface area contributed by atoms with Gasteiger partial charge in [0.1, 0.15) is 5.76 Å². The average Bonchev–Trinajstić information content (AvgIpc) is 3.36. The van der Waals surface area contributed by atoms with Crippen molar-refractivity contribution in [1.82, 2.24) is 4.90 Å². The molecular formula is C22H19ClN2O6. The van der Waals surface area contributed by atoms with E-state index in [1.165, 1.54) is 35.2 Å². The van der Waals surface area contributed by atoms with E-state index in [0.29, 0.717) is 18.1 Å². The number of carbonyl (C=O) groups is 2. The first-order valence-corrected chi connectivity index (χ1v) is 10.2. The number of benzene rings is 2. The van der Waals surface area contributed by atoms with E-state index in [0.717, 1.165) is 6.42 Å². The smallest absolute Gasteiger partial charge is 0.295 e. The van der Waals surface area contributed by atoms with Crippen LogP contribution >= 0.6 is 11.6 Å². The summed E-state index contributed by atoms with van der Waals surface area (Å²) in [6, 6.07) is 10.9. The molecule has 160 valence electrons. The van der Waals surface area contributed by atoms with Crippen LogP contribution in [0.5, 0.6) is 0 Å². The third-order valence-corrected chi connectivity index (χ3v) is 5.76. The number of ketones is 1. The third kappa shape index (κ3) is 3.92. The van der Waals surface area contributed by atoms with Crippen LogP contribution in [0.15, 0.2) is 54.1 Å². The largest absolute Gasteiger partial charge is 0.507 e. The highest BCUT2D eigenvalue weighted by Gasteiger charge is 2.48. The number of nitrogens with zero attached hydrogens (tertiary/aromatic N) is 2. The van der Waals surface area contributed by atoms with E-state index < -0.39 is 28.4 Å². The van der Waals surface area contributed by atoms with Crippen LogP contribution in [0, 0.1) is 10.1 Å². The van der Waals surface area contributed by atoms with Crippen molar-refractivity contribution in [3.05, 3.63) is 80.4 Å². The Labute approximate surface area is 182 Å². The summed E-state index contributed by atoms with van der Waals surface area (Å²) in [5, 5.41) is 23.1. The Hall–Kier alpha value is -3.23. The van der Waals surface area contributed by atoms with Gasteiger partial charge in [0.05, 0.1) is 28.2 Å². The number of nitro benzene ring substituents is 1. The molecule has 0 saturated carbocycles. The number of amides is 1. The normalized spacial score (nSPS) is 22.8. The lowest BCUT2D eigenvalue weighted by atomic mass is 9.94. The second-order valence-electron chi connectivity index (χ2n) is 7.41. The van der Waals surface area contributed by atoms with E-state index in [9.17, 15) is 24.8 Å². The molecule has 2 aromatic rings. The van der Waals surface area contributed by atoms with Gasteiger partial charge in [-0.15, -0.1) is 0 Å². The zero-order valence-electron chi connectivity index (χ0n) is 16.4. The average molecular weight is 443 g/mol. The van der Waals surface area contributed by atoms with Crippen molar-refractivity contribution in [2.75, 3.05) is 13.2 Å². The summed E-state index contributed by atoms with van der Waals surface area (Å²) in [5.74, 6) is -2.13. The van der Waals surface area contributed by atoms with Crippen LogP contribution in [0.2, 0.25) is 5.02 Å². The topological polar surface area (TPSA) is 110 Å².